The van der Waals surface area contributed by atoms with Gasteiger partial charge in [0, 0.05) is 31.7 Å². The van der Waals surface area contributed by atoms with Gasteiger partial charge in [0.1, 0.15) is 5.84 Å². The van der Waals surface area contributed by atoms with Crippen molar-refractivity contribution in [3.8, 4) is 0 Å². The molecule has 0 atom stereocenters. The van der Waals surface area contributed by atoms with Gasteiger partial charge in [-0.15, -0.1) is 0 Å². The molecule has 1 amide bonds. The highest BCUT2D eigenvalue weighted by Crippen LogP contribution is 2.19. The Labute approximate surface area is 183 Å². The molecule has 0 fully saturated rings. The molecular weight excluding hydrogens is 412 g/mol. The Bertz CT molecular complexity index is 1080. The second-order valence-corrected chi connectivity index (χ2v) is 9.73. The maximum absolute atomic E-state index is 12.8. The van der Waals surface area contributed by atoms with Gasteiger partial charge in [-0.05, 0) is 48.6 Å². The average molecular weight is 441 g/mol. The maximum atomic E-state index is 12.8. The van der Waals surface area contributed by atoms with Crippen molar-refractivity contribution in [1.29, 1.82) is 0 Å². The van der Waals surface area contributed by atoms with Crippen LogP contribution in [-0.2, 0) is 27.8 Å². The monoisotopic (exact) mass is 440 g/mol. The number of amidine groups is 1. The lowest BCUT2D eigenvalue weighted by Crippen LogP contribution is -2.37. The van der Waals surface area contributed by atoms with Crippen LogP contribution in [0.3, 0.4) is 0 Å². The van der Waals surface area contributed by atoms with Crippen molar-refractivity contribution in [2.24, 2.45) is 4.99 Å². The smallest absolute Gasteiger partial charge is 0.262 e. The molecule has 0 saturated carbocycles. The fraction of sp³-hybridized carbons (Fsp3) is 0.391. The number of carbonyl (C=O) groups excluding carboxylic acids is 1. The van der Waals surface area contributed by atoms with E-state index >= 15 is 0 Å². The molecule has 0 bridgehead atoms. The van der Waals surface area contributed by atoms with Crippen LogP contribution < -0.4 is 10.0 Å². The third kappa shape index (κ3) is 5.71. The first-order valence-electron chi connectivity index (χ1n) is 10.7. The lowest BCUT2D eigenvalue weighted by molar-refractivity contribution is -0.117. The van der Waals surface area contributed by atoms with Gasteiger partial charge in [-0.3, -0.25) is 19.4 Å². The molecule has 2 aromatic rings. The number of hydrogen-bond donors (Lipinski definition) is 2. The van der Waals surface area contributed by atoms with Gasteiger partial charge in [0.25, 0.3) is 10.0 Å². The second kappa shape index (κ2) is 9.62. The van der Waals surface area contributed by atoms with Crippen molar-refractivity contribution in [3.63, 3.8) is 0 Å². The second-order valence-electron chi connectivity index (χ2n) is 8.05. The lowest BCUT2D eigenvalue weighted by Gasteiger charge is -2.28. The van der Waals surface area contributed by atoms with E-state index in [-0.39, 0.29) is 17.3 Å². The van der Waals surface area contributed by atoms with Crippen LogP contribution in [0, 0.1) is 0 Å². The summed E-state index contributed by atoms with van der Waals surface area (Å²) in [6.07, 6.45) is 4.52. The summed E-state index contributed by atoms with van der Waals surface area (Å²) in [7, 11) is -3.74. The van der Waals surface area contributed by atoms with Gasteiger partial charge in [-0.2, -0.15) is 0 Å². The van der Waals surface area contributed by atoms with Crippen LogP contribution in [0.4, 0.5) is 5.69 Å². The average Bonchev–Trinajstić information content (AvgIpc) is 3.02. The highest BCUT2D eigenvalue weighted by atomic mass is 32.2. The van der Waals surface area contributed by atoms with E-state index in [9.17, 15) is 13.2 Å². The van der Waals surface area contributed by atoms with Crippen molar-refractivity contribution in [2.45, 2.75) is 43.5 Å². The molecular formula is C23H28N4O3S. The van der Waals surface area contributed by atoms with Gasteiger partial charge in [0.2, 0.25) is 5.91 Å². The molecule has 31 heavy (non-hydrogen) atoms. The van der Waals surface area contributed by atoms with Gasteiger partial charge in [0.05, 0.1) is 11.4 Å². The molecule has 2 aromatic carbocycles. The summed E-state index contributed by atoms with van der Waals surface area (Å²) in [5, 5.41) is 2.84. The number of amides is 1. The largest absolute Gasteiger partial charge is 0.325 e. The summed E-state index contributed by atoms with van der Waals surface area (Å²) >= 11 is 0. The van der Waals surface area contributed by atoms with E-state index < -0.39 is 10.0 Å². The first-order chi connectivity index (χ1) is 15.0. The Morgan fingerprint density at radius 3 is 2.71 bits per heavy atom. The Morgan fingerprint density at radius 1 is 1.00 bits per heavy atom. The minimum absolute atomic E-state index is 0.115. The number of carbonyl (C=O) groups is 1. The Balaban J connectivity index is 1.38. The SMILES string of the molecule is O=C(CN1CCc2ccccc2C1)Nc1cccc(S(=O)(=O)NC2=NCCCCC2)c1. The van der Waals surface area contributed by atoms with Crippen LogP contribution in [0.15, 0.2) is 58.4 Å². The summed E-state index contributed by atoms with van der Waals surface area (Å²) < 4.78 is 28.2. The molecule has 0 spiro atoms. The number of benzene rings is 2. The van der Waals surface area contributed by atoms with E-state index in [0.29, 0.717) is 24.5 Å². The van der Waals surface area contributed by atoms with Gasteiger partial charge in [-0.1, -0.05) is 36.8 Å². The summed E-state index contributed by atoms with van der Waals surface area (Å²) in [5.41, 5.74) is 3.05. The predicted octanol–water partition coefficient (Wildman–Crippen LogP) is 2.93. The van der Waals surface area contributed by atoms with Crippen molar-refractivity contribution >= 4 is 27.5 Å². The van der Waals surface area contributed by atoms with E-state index in [1.165, 1.54) is 23.3 Å². The fourth-order valence-corrected chi connectivity index (χ4v) is 5.14. The third-order valence-electron chi connectivity index (χ3n) is 5.63. The minimum Gasteiger partial charge on any atom is -0.325 e. The molecule has 0 aliphatic carbocycles. The van der Waals surface area contributed by atoms with Crippen LogP contribution in [0.5, 0.6) is 0 Å². The fourth-order valence-electron chi connectivity index (χ4n) is 4.01. The Morgan fingerprint density at radius 2 is 1.84 bits per heavy atom. The molecule has 7 nitrogen and oxygen atoms in total. The highest BCUT2D eigenvalue weighted by Gasteiger charge is 2.20. The molecule has 0 aromatic heterocycles. The van der Waals surface area contributed by atoms with Crippen molar-refractivity contribution in [2.75, 3.05) is 25.0 Å². The first kappa shape index (κ1) is 21.5. The van der Waals surface area contributed by atoms with Gasteiger partial charge in [0.15, 0.2) is 0 Å². The number of nitrogens with zero attached hydrogens (tertiary/aromatic N) is 2. The molecule has 2 aliphatic heterocycles. The molecule has 2 heterocycles. The topological polar surface area (TPSA) is 90.9 Å². The molecule has 2 aliphatic rings. The maximum Gasteiger partial charge on any atom is 0.262 e. The zero-order chi connectivity index (χ0) is 21.7. The van der Waals surface area contributed by atoms with E-state index in [4.69, 9.17) is 0 Å². The molecule has 8 heteroatoms. The van der Waals surface area contributed by atoms with Crippen LogP contribution in [0.2, 0.25) is 0 Å². The van der Waals surface area contributed by atoms with Gasteiger partial charge >= 0.3 is 0 Å². The number of anilines is 1. The van der Waals surface area contributed by atoms with Crippen LogP contribution in [0.25, 0.3) is 0 Å². The van der Waals surface area contributed by atoms with Crippen molar-refractivity contribution in [1.82, 2.24) is 9.62 Å². The number of aliphatic imine (C=N–C) groups is 1. The van der Waals surface area contributed by atoms with E-state index in [1.807, 2.05) is 12.1 Å². The van der Waals surface area contributed by atoms with E-state index in [0.717, 1.165) is 38.8 Å². The van der Waals surface area contributed by atoms with Crippen molar-refractivity contribution in [3.05, 3.63) is 59.7 Å². The molecule has 4 rings (SSSR count). The van der Waals surface area contributed by atoms with Crippen LogP contribution in [0.1, 0.15) is 36.8 Å². The molecule has 0 unspecified atom stereocenters. The molecule has 0 radical (unpaired) electrons. The number of fused-ring (bicyclic) bond motifs is 1. The minimum atomic E-state index is -3.74. The van der Waals surface area contributed by atoms with Crippen molar-refractivity contribution < 1.29 is 13.2 Å². The number of rotatable bonds is 5. The third-order valence-corrected chi connectivity index (χ3v) is 7.01. The van der Waals surface area contributed by atoms with E-state index in [2.05, 4.69) is 32.1 Å². The summed E-state index contributed by atoms with van der Waals surface area (Å²) in [4.78, 5) is 19.1. The highest BCUT2D eigenvalue weighted by molar-refractivity contribution is 7.90. The van der Waals surface area contributed by atoms with Crippen LogP contribution in [-0.4, -0.2) is 44.7 Å². The summed E-state index contributed by atoms with van der Waals surface area (Å²) in [6.45, 7) is 2.48. The van der Waals surface area contributed by atoms with E-state index in [1.54, 1.807) is 12.1 Å². The first-order valence-corrected chi connectivity index (χ1v) is 12.2. The molecule has 0 saturated heterocycles. The molecule has 164 valence electrons. The van der Waals surface area contributed by atoms with Gasteiger partial charge in [-0.25, -0.2) is 8.42 Å². The number of hydrogen-bond acceptors (Lipinski definition) is 5. The predicted molar refractivity (Wildman–Crippen MR) is 122 cm³/mol. The molecule has 2 N–H and O–H groups in total. The standard InChI is InChI=1S/C23H28N4O3S/c28-23(17-27-14-12-18-7-3-4-8-19(18)16-27)25-20-9-6-10-21(15-20)31(29,30)26-22-11-2-1-5-13-24-22/h3-4,6-10,15H,1-2,5,11-14,16-17H2,(H,24,26)(H,25,28). The normalized spacial score (nSPS) is 17.2. The zero-order valence-electron chi connectivity index (χ0n) is 17.5. The van der Waals surface area contributed by atoms with Crippen LogP contribution >= 0.6 is 0 Å². The Hall–Kier alpha value is -2.71. The zero-order valence-corrected chi connectivity index (χ0v) is 18.3. The summed E-state index contributed by atoms with van der Waals surface area (Å²) in [5.74, 6) is 0.354. The number of sulfonamides is 1. The summed E-state index contributed by atoms with van der Waals surface area (Å²) in [6, 6.07) is 14.6. The van der Waals surface area contributed by atoms with Gasteiger partial charge < -0.3 is 5.32 Å². The number of nitrogens with one attached hydrogen (secondary N) is 2. The quantitative estimate of drug-likeness (QED) is 0.748. The Kier molecular flexibility index (Phi) is 6.67. The lowest BCUT2D eigenvalue weighted by atomic mass is 10.00.